The summed E-state index contributed by atoms with van der Waals surface area (Å²) >= 11 is 0. The predicted molar refractivity (Wildman–Crippen MR) is 97.5 cm³/mol. The number of H-pyrrole nitrogens is 1. The molecule has 0 aromatic carbocycles. The van der Waals surface area contributed by atoms with Crippen molar-refractivity contribution in [3.63, 3.8) is 0 Å². The van der Waals surface area contributed by atoms with Crippen molar-refractivity contribution in [1.82, 2.24) is 24.9 Å². The summed E-state index contributed by atoms with van der Waals surface area (Å²) in [5.74, 6) is 0.797. The van der Waals surface area contributed by atoms with Crippen LogP contribution in [0.2, 0.25) is 0 Å². The molecule has 2 atom stereocenters. The van der Waals surface area contributed by atoms with Crippen molar-refractivity contribution in [2.24, 2.45) is 5.92 Å². The summed E-state index contributed by atoms with van der Waals surface area (Å²) in [6.45, 7) is 5.71. The maximum Gasteiger partial charge on any atom is 0.274 e. The van der Waals surface area contributed by atoms with Crippen molar-refractivity contribution in [2.45, 2.75) is 51.1 Å². The number of aromatic amines is 1. The van der Waals surface area contributed by atoms with Crippen LogP contribution in [0.15, 0.2) is 0 Å². The molecule has 1 aromatic heterocycles. The monoisotopic (exact) mass is 345 g/mol. The van der Waals surface area contributed by atoms with Crippen LogP contribution >= 0.6 is 0 Å². The lowest BCUT2D eigenvalue weighted by molar-refractivity contribution is 0.0378. The number of carbonyl (C=O) groups is 1. The molecule has 1 aromatic rings. The fourth-order valence-electron chi connectivity index (χ4n) is 5.02. The number of hydrogen-bond acceptors (Lipinski definition) is 4. The Morgan fingerprint density at radius 1 is 1.20 bits per heavy atom. The van der Waals surface area contributed by atoms with Gasteiger partial charge >= 0.3 is 0 Å². The minimum atomic E-state index is 0.00970. The number of carbonyl (C=O) groups excluding carboxylic acids is 1. The summed E-state index contributed by atoms with van der Waals surface area (Å²) in [5, 5.41) is 7.41. The molecule has 138 valence electrons. The van der Waals surface area contributed by atoms with Gasteiger partial charge in [-0.2, -0.15) is 5.10 Å². The zero-order valence-corrected chi connectivity index (χ0v) is 15.6. The second-order valence-electron chi connectivity index (χ2n) is 8.22. The van der Waals surface area contributed by atoms with E-state index in [1.165, 1.54) is 51.7 Å². The van der Waals surface area contributed by atoms with Crippen molar-refractivity contribution >= 4 is 5.91 Å². The molecule has 0 radical (unpaired) electrons. The number of nitrogens with one attached hydrogen (secondary N) is 1. The van der Waals surface area contributed by atoms with Gasteiger partial charge in [-0.05, 0) is 44.7 Å². The Bertz CT molecular complexity index is 623. The molecule has 4 heterocycles. The van der Waals surface area contributed by atoms with Gasteiger partial charge < -0.3 is 9.80 Å². The van der Waals surface area contributed by atoms with E-state index >= 15 is 0 Å². The molecule has 2 fully saturated rings. The normalized spacial score (nSPS) is 27.6. The summed E-state index contributed by atoms with van der Waals surface area (Å²) < 4.78 is 0. The van der Waals surface area contributed by atoms with Crippen LogP contribution in [0.1, 0.15) is 53.8 Å². The maximum atomic E-state index is 12.4. The summed E-state index contributed by atoms with van der Waals surface area (Å²) in [4.78, 5) is 19.3. The van der Waals surface area contributed by atoms with E-state index < -0.39 is 0 Å². The first-order valence-corrected chi connectivity index (χ1v) is 9.87. The van der Waals surface area contributed by atoms with Crippen molar-refractivity contribution in [1.29, 1.82) is 0 Å². The van der Waals surface area contributed by atoms with Crippen LogP contribution in [0.4, 0.5) is 0 Å². The third kappa shape index (κ3) is 3.34. The topological polar surface area (TPSA) is 55.5 Å². The summed E-state index contributed by atoms with van der Waals surface area (Å²) in [6, 6.07) is 0.788. The Morgan fingerprint density at radius 2 is 2.04 bits per heavy atom. The van der Waals surface area contributed by atoms with E-state index in [2.05, 4.69) is 20.0 Å². The van der Waals surface area contributed by atoms with E-state index in [1.54, 1.807) is 19.0 Å². The van der Waals surface area contributed by atoms with Gasteiger partial charge in [0.1, 0.15) is 0 Å². The lowest BCUT2D eigenvalue weighted by Crippen LogP contribution is -2.51. The van der Waals surface area contributed by atoms with E-state index in [1.807, 2.05) is 0 Å². The van der Waals surface area contributed by atoms with Gasteiger partial charge in [0.15, 0.2) is 5.69 Å². The molecule has 3 aliphatic heterocycles. The van der Waals surface area contributed by atoms with Gasteiger partial charge in [-0.15, -0.1) is 0 Å². The van der Waals surface area contributed by atoms with Crippen LogP contribution in [0.25, 0.3) is 0 Å². The lowest BCUT2D eigenvalue weighted by Gasteiger charge is -2.46. The van der Waals surface area contributed by atoms with Crippen LogP contribution in [-0.2, 0) is 13.0 Å². The lowest BCUT2D eigenvalue weighted by atomic mass is 9.83. The molecule has 6 heteroatoms. The predicted octanol–water partition coefficient (Wildman–Crippen LogP) is 1.73. The van der Waals surface area contributed by atoms with Gasteiger partial charge in [0.25, 0.3) is 5.91 Å². The highest BCUT2D eigenvalue weighted by Gasteiger charge is 2.35. The average Bonchev–Trinajstić information content (AvgIpc) is 3.04. The smallest absolute Gasteiger partial charge is 0.274 e. The van der Waals surface area contributed by atoms with Gasteiger partial charge in [0, 0.05) is 57.4 Å². The van der Waals surface area contributed by atoms with Crippen LogP contribution in [-0.4, -0.2) is 77.1 Å². The number of piperidine rings is 2. The molecule has 0 bridgehead atoms. The van der Waals surface area contributed by atoms with Crippen molar-refractivity contribution in [3.05, 3.63) is 17.0 Å². The van der Waals surface area contributed by atoms with E-state index in [9.17, 15) is 4.79 Å². The fraction of sp³-hybridized carbons (Fsp3) is 0.789. The SMILES string of the molecule is CN(C)C(=O)c1n[nH]c2c1CN(C[C@@H]1CCCN3CCCC[C@H]13)CC2. The van der Waals surface area contributed by atoms with Gasteiger partial charge in [-0.25, -0.2) is 0 Å². The number of amides is 1. The highest BCUT2D eigenvalue weighted by molar-refractivity contribution is 5.93. The minimum absolute atomic E-state index is 0.00970. The highest BCUT2D eigenvalue weighted by Crippen LogP contribution is 2.32. The molecule has 1 amide bonds. The quantitative estimate of drug-likeness (QED) is 0.907. The zero-order valence-electron chi connectivity index (χ0n) is 15.6. The molecule has 1 N–H and O–H groups in total. The fourth-order valence-corrected chi connectivity index (χ4v) is 5.02. The van der Waals surface area contributed by atoms with Gasteiger partial charge in [-0.3, -0.25) is 14.8 Å². The minimum Gasteiger partial charge on any atom is -0.343 e. The maximum absolute atomic E-state index is 12.4. The second-order valence-corrected chi connectivity index (χ2v) is 8.22. The Labute approximate surface area is 150 Å². The van der Waals surface area contributed by atoms with Gasteiger partial charge in [0.2, 0.25) is 0 Å². The summed E-state index contributed by atoms with van der Waals surface area (Å²) in [5.41, 5.74) is 2.90. The first-order chi connectivity index (χ1) is 12.1. The van der Waals surface area contributed by atoms with Crippen LogP contribution < -0.4 is 0 Å². The van der Waals surface area contributed by atoms with Crippen molar-refractivity contribution < 1.29 is 4.79 Å². The molecule has 4 rings (SSSR count). The molecule has 2 saturated heterocycles. The molecule has 0 unspecified atom stereocenters. The highest BCUT2D eigenvalue weighted by atomic mass is 16.2. The summed E-state index contributed by atoms with van der Waals surface area (Å²) in [6.07, 6.45) is 7.83. The number of aromatic nitrogens is 2. The standard InChI is InChI=1S/C19H31N5O/c1-22(2)19(25)18-15-13-23(11-8-16(15)20-21-18)12-14-6-5-10-24-9-4-3-7-17(14)24/h14,17H,3-13H2,1-2H3,(H,20,21)/t14-,17+/m0/s1. The second kappa shape index (κ2) is 7.08. The largest absolute Gasteiger partial charge is 0.343 e. The number of fused-ring (bicyclic) bond motifs is 2. The first-order valence-electron chi connectivity index (χ1n) is 9.87. The van der Waals surface area contributed by atoms with Crippen LogP contribution in [0, 0.1) is 5.92 Å². The van der Waals surface area contributed by atoms with E-state index in [0.29, 0.717) is 5.69 Å². The van der Waals surface area contributed by atoms with Gasteiger partial charge in [0.05, 0.1) is 0 Å². The number of hydrogen-bond donors (Lipinski definition) is 1. The molecule has 25 heavy (non-hydrogen) atoms. The van der Waals surface area contributed by atoms with Crippen LogP contribution in [0.5, 0.6) is 0 Å². The average molecular weight is 345 g/mol. The first kappa shape index (κ1) is 17.0. The van der Waals surface area contributed by atoms with E-state index in [-0.39, 0.29) is 5.91 Å². The molecule has 0 aliphatic carbocycles. The van der Waals surface area contributed by atoms with E-state index in [0.717, 1.165) is 42.7 Å². The molecule has 0 saturated carbocycles. The molecular formula is C19H31N5O. The van der Waals surface area contributed by atoms with E-state index in [4.69, 9.17) is 0 Å². The Balaban J connectivity index is 1.45. The number of rotatable bonds is 3. The third-order valence-corrected chi connectivity index (χ3v) is 6.34. The molecule has 3 aliphatic rings. The number of nitrogens with zero attached hydrogens (tertiary/aromatic N) is 4. The summed E-state index contributed by atoms with van der Waals surface area (Å²) in [7, 11) is 3.59. The molecular weight excluding hydrogens is 314 g/mol. The molecule has 6 nitrogen and oxygen atoms in total. The van der Waals surface area contributed by atoms with Crippen molar-refractivity contribution in [3.8, 4) is 0 Å². The third-order valence-electron chi connectivity index (χ3n) is 6.34. The Morgan fingerprint density at radius 3 is 2.88 bits per heavy atom. The van der Waals surface area contributed by atoms with Gasteiger partial charge in [-0.1, -0.05) is 6.42 Å². The zero-order chi connectivity index (χ0) is 17.4. The van der Waals surface area contributed by atoms with Crippen LogP contribution in [0.3, 0.4) is 0 Å². The van der Waals surface area contributed by atoms with Crippen molar-refractivity contribution in [2.75, 3.05) is 40.3 Å². The Hall–Kier alpha value is -1.40. The Kier molecular flexibility index (Phi) is 4.82. The molecule has 0 spiro atoms.